The monoisotopic (exact) mass is 200 g/mol. The van der Waals surface area contributed by atoms with Crippen molar-refractivity contribution in [3.05, 3.63) is 0 Å². The topological polar surface area (TPSA) is 43.8 Å². The molecule has 4 heteroatoms. The highest BCUT2D eigenvalue weighted by atomic mass is 16.4. The number of rotatable bonds is 3. The average molecular weight is 200 g/mol. The molecule has 1 N–H and O–H groups in total. The molecule has 4 nitrogen and oxygen atoms in total. The molecule has 0 aromatic rings. The molecule has 0 aromatic heterocycles. The molecule has 1 rings (SSSR count). The van der Waals surface area contributed by atoms with Gasteiger partial charge in [0.15, 0.2) is 0 Å². The summed E-state index contributed by atoms with van der Waals surface area (Å²) >= 11 is 0. The van der Waals surface area contributed by atoms with Crippen molar-refractivity contribution < 1.29 is 9.90 Å². The number of carboxylic acids is 1. The molecule has 0 radical (unpaired) electrons. The Morgan fingerprint density at radius 3 is 2.64 bits per heavy atom. The van der Waals surface area contributed by atoms with Gasteiger partial charge in [-0.3, -0.25) is 9.69 Å². The third-order valence-electron chi connectivity index (χ3n) is 3.06. The zero-order valence-corrected chi connectivity index (χ0v) is 9.23. The Balaban J connectivity index is 2.55. The fourth-order valence-corrected chi connectivity index (χ4v) is 2.13. The van der Waals surface area contributed by atoms with Gasteiger partial charge in [-0.15, -0.1) is 0 Å². The maximum Gasteiger partial charge on any atom is 0.304 e. The highest BCUT2D eigenvalue weighted by molar-refractivity contribution is 5.67. The van der Waals surface area contributed by atoms with Crippen molar-refractivity contribution in [2.75, 3.05) is 26.7 Å². The molecule has 0 bridgehead atoms. The zero-order chi connectivity index (χ0) is 10.7. The van der Waals surface area contributed by atoms with Crippen LogP contribution in [0.25, 0.3) is 0 Å². The van der Waals surface area contributed by atoms with E-state index in [1.807, 2.05) is 7.05 Å². The number of aliphatic carboxylic acids is 1. The standard InChI is InChI=1S/C10H20N2O2/c1-4-12-7-9(5-10(13)14)11(3)6-8(12)2/h8-9H,4-7H2,1-3H3,(H,13,14). The number of likely N-dealkylation sites (N-methyl/N-ethyl adjacent to an activating group) is 2. The van der Waals surface area contributed by atoms with E-state index in [4.69, 9.17) is 5.11 Å². The summed E-state index contributed by atoms with van der Waals surface area (Å²) in [6.45, 7) is 7.16. The van der Waals surface area contributed by atoms with Gasteiger partial charge < -0.3 is 10.0 Å². The van der Waals surface area contributed by atoms with Crippen LogP contribution in [0.3, 0.4) is 0 Å². The van der Waals surface area contributed by atoms with Crippen LogP contribution in [-0.2, 0) is 4.79 Å². The fraction of sp³-hybridized carbons (Fsp3) is 0.900. The van der Waals surface area contributed by atoms with Gasteiger partial charge in [-0.05, 0) is 20.5 Å². The Hall–Kier alpha value is -0.610. The third-order valence-corrected chi connectivity index (χ3v) is 3.06. The molecule has 0 aliphatic carbocycles. The second-order valence-corrected chi connectivity index (χ2v) is 4.13. The summed E-state index contributed by atoms with van der Waals surface area (Å²) in [6, 6.07) is 0.707. The minimum Gasteiger partial charge on any atom is -0.481 e. The van der Waals surface area contributed by atoms with Gasteiger partial charge in [0.05, 0.1) is 6.42 Å². The lowest BCUT2D eigenvalue weighted by molar-refractivity contribution is -0.139. The first kappa shape index (κ1) is 11.5. The highest BCUT2D eigenvalue weighted by Gasteiger charge is 2.29. The minimum absolute atomic E-state index is 0.170. The predicted octanol–water partition coefficient (Wildman–Crippen LogP) is 0.486. The van der Waals surface area contributed by atoms with Crippen molar-refractivity contribution in [1.29, 1.82) is 0 Å². The molecule has 2 unspecified atom stereocenters. The summed E-state index contributed by atoms with van der Waals surface area (Å²) in [5.74, 6) is -0.701. The van der Waals surface area contributed by atoms with Gasteiger partial charge in [0, 0.05) is 25.2 Å². The molecular formula is C10H20N2O2. The van der Waals surface area contributed by atoms with Crippen LogP contribution >= 0.6 is 0 Å². The first-order valence-corrected chi connectivity index (χ1v) is 5.20. The number of piperazine rings is 1. The van der Waals surface area contributed by atoms with Gasteiger partial charge in [0.25, 0.3) is 0 Å². The molecule has 82 valence electrons. The molecular weight excluding hydrogens is 180 g/mol. The molecule has 14 heavy (non-hydrogen) atoms. The van der Waals surface area contributed by atoms with Gasteiger partial charge in [0.2, 0.25) is 0 Å². The second kappa shape index (κ2) is 4.75. The average Bonchev–Trinajstić information content (AvgIpc) is 2.09. The van der Waals surface area contributed by atoms with Crippen LogP contribution < -0.4 is 0 Å². The summed E-state index contributed by atoms with van der Waals surface area (Å²) in [7, 11) is 2.01. The summed E-state index contributed by atoms with van der Waals surface area (Å²) in [4.78, 5) is 15.1. The Morgan fingerprint density at radius 1 is 1.50 bits per heavy atom. The van der Waals surface area contributed by atoms with Gasteiger partial charge in [-0.2, -0.15) is 0 Å². The van der Waals surface area contributed by atoms with E-state index in [-0.39, 0.29) is 12.5 Å². The molecule has 0 saturated carbocycles. The lowest BCUT2D eigenvalue weighted by Crippen LogP contribution is -2.56. The maximum atomic E-state index is 10.6. The van der Waals surface area contributed by atoms with Crippen LogP contribution in [0.15, 0.2) is 0 Å². The van der Waals surface area contributed by atoms with Gasteiger partial charge in [-0.25, -0.2) is 0 Å². The van der Waals surface area contributed by atoms with E-state index >= 15 is 0 Å². The molecule has 1 heterocycles. The lowest BCUT2D eigenvalue weighted by Gasteiger charge is -2.42. The van der Waals surface area contributed by atoms with Crippen molar-refractivity contribution in [2.24, 2.45) is 0 Å². The van der Waals surface area contributed by atoms with Crippen molar-refractivity contribution in [3.8, 4) is 0 Å². The first-order chi connectivity index (χ1) is 6.54. The van der Waals surface area contributed by atoms with Crippen molar-refractivity contribution in [3.63, 3.8) is 0 Å². The SMILES string of the molecule is CCN1CC(CC(=O)O)N(C)CC1C. The van der Waals surface area contributed by atoms with Crippen LogP contribution in [-0.4, -0.2) is 59.6 Å². The smallest absolute Gasteiger partial charge is 0.304 e. The largest absolute Gasteiger partial charge is 0.481 e. The van der Waals surface area contributed by atoms with Crippen molar-refractivity contribution in [2.45, 2.75) is 32.4 Å². The Bertz CT molecular complexity index is 208. The first-order valence-electron chi connectivity index (χ1n) is 5.20. The molecule has 1 fully saturated rings. The summed E-state index contributed by atoms with van der Waals surface area (Å²) in [5, 5.41) is 8.76. The van der Waals surface area contributed by atoms with Crippen LogP contribution in [0.2, 0.25) is 0 Å². The van der Waals surface area contributed by atoms with E-state index < -0.39 is 5.97 Å². The Morgan fingerprint density at radius 2 is 2.14 bits per heavy atom. The van der Waals surface area contributed by atoms with E-state index in [0.717, 1.165) is 19.6 Å². The fourth-order valence-electron chi connectivity index (χ4n) is 2.13. The van der Waals surface area contributed by atoms with Crippen LogP contribution in [0.1, 0.15) is 20.3 Å². The van der Waals surface area contributed by atoms with Crippen molar-refractivity contribution in [1.82, 2.24) is 9.80 Å². The molecule has 2 atom stereocenters. The number of carbonyl (C=O) groups is 1. The predicted molar refractivity (Wildman–Crippen MR) is 55.4 cm³/mol. The molecule has 1 aliphatic heterocycles. The van der Waals surface area contributed by atoms with E-state index in [2.05, 4.69) is 23.6 Å². The number of hydrogen-bond donors (Lipinski definition) is 1. The van der Waals surface area contributed by atoms with Crippen LogP contribution in [0, 0.1) is 0 Å². The lowest BCUT2D eigenvalue weighted by atomic mass is 10.1. The summed E-state index contributed by atoms with van der Waals surface area (Å²) in [5.41, 5.74) is 0. The normalized spacial score (nSPS) is 30.5. The summed E-state index contributed by atoms with van der Waals surface area (Å²) in [6.07, 6.45) is 0.250. The van der Waals surface area contributed by atoms with Gasteiger partial charge in [-0.1, -0.05) is 6.92 Å². The molecule has 1 saturated heterocycles. The Labute approximate surface area is 85.5 Å². The highest BCUT2D eigenvalue weighted by Crippen LogP contribution is 2.15. The van der Waals surface area contributed by atoms with Gasteiger partial charge in [0.1, 0.15) is 0 Å². The zero-order valence-electron chi connectivity index (χ0n) is 9.23. The van der Waals surface area contributed by atoms with Crippen molar-refractivity contribution >= 4 is 5.97 Å². The quantitative estimate of drug-likeness (QED) is 0.720. The van der Waals surface area contributed by atoms with Crippen LogP contribution in [0.4, 0.5) is 0 Å². The molecule has 0 aromatic carbocycles. The third kappa shape index (κ3) is 2.69. The second-order valence-electron chi connectivity index (χ2n) is 4.13. The van der Waals surface area contributed by atoms with Gasteiger partial charge >= 0.3 is 5.97 Å². The van der Waals surface area contributed by atoms with E-state index in [1.54, 1.807) is 0 Å². The Kier molecular flexibility index (Phi) is 3.89. The molecule has 0 amide bonds. The summed E-state index contributed by atoms with van der Waals surface area (Å²) < 4.78 is 0. The number of carboxylic acid groups (broad SMARTS) is 1. The molecule has 0 spiro atoms. The number of nitrogens with zero attached hydrogens (tertiary/aromatic N) is 2. The van der Waals surface area contributed by atoms with E-state index in [0.29, 0.717) is 6.04 Å². The van der Waals surface area contributed by atoms with E-state index in [9.17, 15) is 4.79 Å². The van der Waals surface area contributed by atoms with E-state index in [1.165, 1.54) is 0 Å². The minimum atomic E-state index is -0.701. The number of hydrogen-bond acceptors (Lipinski definition) is 3. The molecule has 1 aliphatic rings. The maximum absolute atomic E-state index is 10.6. The van der Waals surface area contributed by atoms with Crippen LogP contribution in [0.5, 0.6) is 0 Å².